The second-order valence-electron chi connectivity index (χ2n) is 6.03. The molecule has 7 heteroatoms. The molecule has 0 radical (unpaired) electrons. The highest BCUT2D eigenvalue weighted by molar-refractivity contribution is 7.90. The Morgan fingerprint density at radius 3 is 2.43 bits per heavy atom. The minimum absolute atomic E-state index is 0.212. The van der Waals surface area contributed by atoms with Crippen LogP contribution in [0, 0.1) is 0 Å². The summed E-state index contributed by atoms with van der Waals surface area (Å²) in [6.07, 6.45) is 4.10. The van der Waals surface area contributed by atoms with Crippen LogP contribution in [0.15, 0.2) is 4.99 Å². The Hall–Kier alpha value is -0.820. The number of nitrogens with zero attached hydrogens (tertiary/aromatic N) is 2. The molecule has 0 saturated carbocycles. The second-order valence-corrected chi connectivity index (χ2v) is 8.29. The molecule has 0 aliphatic carbocycles. The highest BCUT2D eigenvalue weighted by atomic mass is 32.2. The van der Waals surface area contributed by atoms with Crippen LogP contribution in [-0.4, -0.2) is 70.1 Å². The number of aliphatic imine (C=N–C) groups is 1. The summed E-state index contributed by atoms with van der Waals surface area (Å²) in [6.45, 7) is 7.31. The zero-order chi connectivity index (χ0) is 15.9. The Morgan fingerprint density at radius 2 is 1.95 bits per heavy atom. The first-order chi connectivity index (χ1) is 9.81. The van der Waals surface area contributed by atoms with Crippen molar-refractivity contribution in [3.8, 4) is 0 Å². The highest BCUT2D eigenvalue weighted by Gasteiger charge is 2.21. The maximum atomic E-state index is 11.1. The van der Waals surface area contributed by atoms with Gasteiger partial charge in [0.1, 0.15) is 9.84 Å². The molecule has 0 atom stereocenters. The van der Waals surface area contributed by atoms with E-state index in [1.165, 1.54) is 6.26 Å². The van der Waals surface area contributed by atoms with Crippen molar-refractivity contribution < 1.29 is 8.42 Å². The van der Waals surface area contributed by atoms with Crippen LogP contribution >= 0.6 is 0 Å². The number of guanidine groups is 1. The Labute approximate surface area is 129 Å². The highest BCUT2D eigenvalue weighted by Crippen LogP contribution is 2.12. The number of hydrogen-bond donors (Lipinski definition) is 2. The smallest absolute Gasteiger partial charge is 0.191 e. The average Bonchev–Trinajstić information content (AvgIpc) is 2.41. The van der Waals surface area contributed by atoms with Crippen LogP contribution in [0.4, 0.5) is 0 Å². The van der Waals surface area contributed by atoms with E-state index in [2.05, 4.69) is 34.4 Å². The summed E-state index contributed by atoms with van der Waals surface area (Å²) in [7, 11) is -1.13. The molecule has 1 heterocycles. The van der Waals surface area contributed by atoms with Crippen molar-refractivity contribution in [1.82, 2.24) is 15.5 Å². The van der Waals surface area contributed by atoms with E-state index in [-0.39, 0.29) is 5.75 Å². The minimum atomic E-state index is -2.88. The summed E-state index contributed by atoms with van der Waals surface area (Å²) in [5.74, 6) is 0.982. The number of likely N-dealkylation sites (tertiary alicyclic amines) is 1. The molecule has 0 spiro atoms. The lowest BCUT2D eigenvalue weighted by Crippen LogP contribution is -2.50. The predicted molar refractivity (Wildman–Crippen MR) is 88.6 cm³/mol. The van der Waals surface area contributed by atoms with E-state index in [9.17, 15) is 8.42 Å². The number of hydrogen-bond acceptors (Lipinski definition) is 4. The summed E-state index contributed by atoms with van der Waals surface area (Å²) in [5.41, 5.74) is 0. The summed E-state index contributed by atoms with van der Waals surface area (Å²) in [4.78, 5) is 6.69. The van der Waals surface area contributed by atoms with Crippen molar-refractivity contribution in [2.45, 2.75) is 45.2 Å². The molecule has 124 valence electrons. The molecule has 1 aliphatic rings. The molecule has 1 rings (SSSR count). The molecule has 0 aromatic rings. The zero-order valence-electron chi connectivity index (χ0n) is 13.7. The fraction of sp³-hybridized carbons (Fsp3) is 0.929. The molecule has 0 aromatic carbocycles. The average molecular weight is 318 g/mol. The van der Waals surface area contributed by atoms with Crippen LogP contribution in [0.25, 0.3) is 0 Å². The third-order valence-electron chi connectivity index (χ3n) is 3.81. The molecule has 21 heavy (non-hydrogen) atoms. The van der Waals surface area contributed by atoms with Gasteiger partial charge < -0.3 is 15.5 Å². The van der Waals surface area contributed by atoms with E-state index >= 15 is 0 Å². The van der Waals surface area contributed by atoms with Gasteiger partial charge in [-0.25, -0.2) is 8.42 Å². The summed E-state index contributed by atoms with van der Waals surface area (Å²) >= 11 is 0. The topological polar surface area (TPSA) is 73.8 Å². The quantitative estimate of drug-likeness (QED) is 0.423. The molecule has 0 aromatic heterocycles. The van der Waals surface area contributed by atoms with Gasteiger partial charge in [-0.3, -0.25) is 4.99 Å². The predicted octanol–water partition coefficient (Wildman–Crippen LogP) is 0.459. The third kappa shape index (κ3) is 7.66. The van der Waals surface area contributed by atoms with Crippen molar-refractivity contribution in [2.75, 3.05) is 38.7 Å². The van der Waals surface area contributed by atoms with Gasteiger partial charge >= 0.3 is 0 Å². The molecule has 1 saturated heterocycles. The molecular formula is C14H30N4O2S. The Bertz CT molecular complexity index is 426. The zero-order valence-corrected chi connectivity index (χ0v) is 14.5. The van der Waals surface area contributed by atoms with E-state index in [1.54, 1.807) is 7.05 Å². The van der Waals surface area contributed by atoms with Gasteiger partial charge in [0.25, 0.3) is 0 Å². The van der Waals surface area contributed by atoms with Gasteiger partial charge in [-0.05, 0) is 33.1 Å². The first-order valence-electron chi connectivity index (χ1n) is 7.71. The van der Waals surface area contributed by atoms with Crippen molar-refractivity contribution in [3.05, 3.63) is 0 Å². The normalized spacial score (nSPS) is 19.0. The summed E-state index contributed by atoms with van der Waals surface area (Å²) in [5, 5.41) is 6.61. The van der Waals surface area contributed by atoms with Crippen LogP contribution in [-0.2, 0) is 9.84 Å². The number of piperidine rings is 1. The van der Waals surface area contributed by atoms with Crippen molar-refractivity contribution in [1.29, 1.82) is 0 Å². The fourth-order valence-electron chi connectivity index (χ4n) is 2.49. The molecule has 0 bridgehead atoms. The lowest BCUT2D eigenvalue weighted by Gasteiger charge is -2.35. The molecular weight excluding hydrogens is 288 g/mol. The molecule has 1 aliphatic heterocycles. The van der Waals surface area contributed by atoms with Crippen LogP contribution in [0.3, 0.4) is 0 Å². The Kier molecular flexibility index (Phi) is 7.45. The number of nitrogens with one attached hydrogen (secondary N) is 2. The largest absolute Gasteiger partial charge is 0.356 e. The number of rotatable bonds is 6. The fourth-order valence-corrected chi connectivity index (χ4v) is 3.16. The van der Waals surface area contributed by atoms with E-state index in [0.717, 1.165) is 31.9 Å². The lowest BCUT2D eigenvalue weighted by atomic mass is 10.0. The number of sulfone groups is 1. The van der Waals surface area contributed by atoms with Crippen LogP contribution < -0.4 is 10.6 Å². The Balaban J connectivity index is 2.26. The van der Waals surface area contributed by atoms with Crippen LogP contribution in [0.1, 0.15) is 33.1 Å². The Morgan fingerprint density at radius 1 is 1.33 bits per heavy atom. The minimum Gasteiger partial charge on any atom is -0.356 e. The maximum Gasteiger partial charge on any atom is 0.191 e. The van der Waals surface area contributed by atoms with E-state index in [1.807, 2.05) is 0 Å². The van der Waals surface area contributed by atoms with Crippen LogP contribution in [0.2, 0.25) is 0 Å². The van der Waals surface area contributed by atoms with Crippen molar-refractivity contribution in [3.63, 3.8) is 0 Å². The summed E-state index contributed by atoms with van der Waals surface area (Å²) in [6, 6.07) is 1.06. The van der Waals surface area contributed by atoms with Crippen molar-refractivity contribution >= 4 is 15.8 Å². The van der Waals surface area contributed by atoms with E-state index in [4.69, 9.17) is 0 Å². The van der Waals surface area contributed by atoms with Gasteiger partial charge in [-0.15, -0.1) is 0 Å². The summed E-state index contributed by atoms with van der Waals surface area (Å²) < 4.78 is 22.1. The lowest BCUT2D eigenvalue weighted by molar-refractivity contribution is 0.167. The molecule has 2 N–H and O–H groups in total. The maximum absolute atomic E-state index is 11.1. The first kappa shape index (κ1) is 18.2. The monoisotopic (exact) mass is 318 g/mol. The van der Waals surface area contributed by atoms with E-state index < -0.39 is 9.84 Å². The van der Waals surface area contributed by atoms with Gasteiger partial charge in [0.2, 0.25) is 0 Å². The van der Waals surface area contributed by atoms with Gasteiger partial charge in [0.05, 0.1) is 5.75 Å². The molecule has 0 amide bonds. The third-order valence-corrected chi connectivity index (χ3v) is 4.84. The van der Waals surface area contributed by atoms with Gasteiger partial charge in [0, 0.05) is 45.0 Å². The molecule has 6 nitrogen and oxygen atoms in total. The SMILES string of the molecule is CN=C(NCCCS(C)(=O)=O)NC1CCN(C(C)C)CC1. The van der Waals surface area contributed by atoms with Gasteiger partial charge in [-0.1, -0.05) is 0 Å². The molecule has 0 unspecified atom stereocenters. The van der Waals surface area contributed by atoms with E-state index in [0.29, 0.717) is 25.0 Å². The molecule has 1 fully saturated rings. The van der Waals surface area contributed by atoms with Gasteiger partial charge in [0.15, 0.2) is 5.96 Å². The standard InChI is InChI=1S/C14H30N4O2S/c1-12(2)18-9-6-13(7-10-18)17-14(15-3)16-8-5-11-21(4,19)20/h12-13H,5-11H2,1-4H3,(H2,15,16,17). The van der Waals surface area contributed by atoms with Crippen molar-refractivity contribution in [2.24, 2.45) is 4.99 Å². The first-order valence-corrected chi connectivity index (χ1v) is 9.77. The van der Waals surface area contributed by atoms with Gasteiger partial charge in [-0.2, -0.15) is 0 Å². The second kappa shape index (κ2) is 8.58. The van der Waals surface area contributed by atoms with Crippen LogP contribution in [0.5, 0.6) is 0 Å².